The highest BCUT2D eigenvalue weighted by Crippen LogP contribution is 2.16. The maximum Gasteiger partial charge on any atom is 0.328 e. The van der Waals surface area contributed by atoms with Crippen molar-refractivity contribution in [3.8, 4) is 5.75 Å². The molecule has 0 unspecified atom stereocenters. The van der Waals surface area contributed by atoms with E-state index in [1.807, 2.05) is 30.3 Å². The number of carbonyl (C=O) groups excluding carboxylic acids is 3. The van der Waals surface area contributed by atoms with Crippen LogP contribution in [0.25, 0.3) is 0 Å². The smallest absolute Gasteiger partial charge is 0.328 e. The molecule has 0 spiro atoms. The number of carbonyl (C=O) groups is 3. The number of aromatic hydroxyl groups is 1. The van der Waals surface area contributed by atoms with Crippen LogP contribution in [0.2, 0.25) is 5.02 Å². The number of nitrogens with one attached hydrogen (secondary N) is 2. The minimum Gasteiger partial charge on any atom is -0.508 e. The van der Waals surface area contributed by atoms with Gasteiger partial charge in [0.2, 0.25) is 5.91 Å². The number of phenolic OH excluding ortho intramolecular Hbond substituents is 1. The molecular formula is C26H25ClN2O5. The van der Waals surface area contributed by atoms with Crippen molar-refractivity contribution in [1.29, 1.82) is 0 Å². The lowest BCUT2D eigenvalue weighted by Crippen LogP contribution is -2.53. The summed E-state index contributed by atoms with van der Waals surface area (Å²) in [5.74, 6) is -1.59. The van der Waals surface area contributed by atoms with Gasteiger partial charge in [-0.3, -0.25) is 9.59 Å². The van der Waals surface area contributed by atoms with Crippen molar-refractivity contribution in [1.82, 2.24) is 10.6 Å². The van der Waals surface area contributed by atoms with Crippen molar-refractivity contribution < 1.29 is 24.2 Å². The second-order valence-corrected chi connectivity index (χ2v) is 8.06. The van der Waals surface area contributed by atoms with Crippen LogP contribution in [-0.2, 0) is 27.2 Å². The van der Waals surface area contributed by atoms with Crippen LogP contribution < -0.4 is 10.6 Å². The summed E-state index contributed by atoms with van der Waals surface area (Å²) >= 11 is 6.15. The number of rotatable bonds is 9. The molecule has 0 aliphatic heterocycles. The third-order valence-electron chi connectivity index (χ3n) is 5.20. The molecule has 34 heavy (non-hydrogen) atoms. The minimum atomic E-state index is -0.988. The molecule has 7 nitrogen and oxygen atoms in total. The molecule has 3 rings (SSSR count). The standard InChI is InChI=1S/C26H25ClN2O5/c1-34-26(33)23(16-18-11-13-19(30)14-12-18)29-25(32)22(15-17-7-3-2-4-8-17)28-24(31)20-9-5-6-10-21(20)27/h2-14,22-23,30H,15-16H2,1H3,(H,28,31)(H,29,32)/t22-,23-/m0/s1. The first-order valence-corrected chi connectivity index (χ1v) is 11.0. The van der Waals surface area contributed by atoms with Crippen LogP contribution in [-0.4, -0.2) is 42.1 Å². The third-order valence-corrected chi connectivity index (χ3v) is 5.53. The molecule has 3 aromatic carbocycles. The Hall–Kier alpha value is -3.84. The first-order valence-electron chi connectivity index (χ1n) is 10.6. The number of esters is 1. The van der Waals surface area contributed by atoms with E-state index in [-0.39, 0.29) is 29.2 Å². The van der Waals surface area contributed by atoms with Gasteiger partial charge in [0.25, 0.3) is 5.91 Å². The van der Waals surface area contributed by atoms with Gasteiger partial charge in [-0.05, 0) is 35.4 Å². The zero-order valence-corrected chi connectivity index (χ0v) is 19.3. The van der Waals surface area contributed by atoms with Gasteiger partial charge in [0.1, 0.15) is 17.8 Å². The van der Waals surface area contributed by atoms with Crippen LogP contribution in [0.15, 0.2) is 78.9 Å². The largest absolute Gasteiger partial charge is 0.508 e. The normalized spacial score (nSPS) is 12.3. The Labute approximate surface area is 202 Å². The molecule has 0 saturated heterocycles. The van der Waals surface area contributed by atoms with E-state index >= 15 is 0 Å². The van der Waals surface area contributed by atoms with Crippen molar-refractivity contribution in [3.63, 3.8) is 0 Å². The molecule has 2 amide bonds. The average molecular weight is 481 g/mol. The number of amides is 2. The first kappa shape index (κ1) is 24.8. The fourth-order valence-electron chi connectivity index (χ4n) is 3.42. The lowest BCUT2D eigenvalue weighted by Gasteiger charge is -2.23. The summed E-state index contributed by atoms with van der Waals surface area (Å²) in [5, 5.41) is 15.2. The monoisotopic (exact) mass is 480 g/mol. The number of ether oxygens (including phenoxy) is 1. The Kier molecular flexibility index (Phi) is 8.65. The van der Waals surface area contributed by atoms with Gasteiger partial charge in [0.05, 0.1) is 17.7 Å². The molecule has 0 bridgehead atoms. The van der Waals surface area contributed by atoms with Crippen molar-refractivity contribution in [2.75, 3.05) is 7.11 Å². The number of phenols is 1. The first-order chi connectivity index (χ1) is 16.4. The maximum absolute atomic E-state index is 13.3. The molecule has 0 aromatic heterocycles. The SMILES string of the molecule is COC(=O)[C@H](Cc1ccc(O)cc1)NC(=O)[C@H](Cc1ccccc1)NC(=O)c1ccccc1Cl. The van der Waals surface area contributed by atoms with E-state index in [2.05, 4.69) is 10.6 Å². The fraction of sp³-hybridized carbons (Fsp3) is 0.192. The summed E-state index contributed by atoms with van der Waals surface area (Å²) in [4.78, 5) is 38.5. The summed E-state index contributed by atoms with van der Waals surface area (Å²) < 4.78 is 4.87. The van der Waals surface area contributed by atoms with E-state index in [4.69, 9.17) is 16.3 Å². The highest BCUT2D eigenvalue weighted by atomic mass is 35.5. The third kappa shape index (κ3) is 6.83. The summed E-state index contributed by atoms with van der Waals surface area (Å²) in [6, 6.07) is 20.1. The Morgan fingerprint density at radius 2 is 1.41 bits per heavy atom. The second-order valence-electron chi connectivity index (χ2n) is 7.65. The Balaban J connectivity index is 1.81. The number of methoxy groups -OCH3 is 1. The topological polar surface area (TPSA) is 105 Å². The average Bonchev–Trinajstić information content (AvgIpc) is 2.84. The lowest BCUT2D eigenvalue weighted by atomic mass is 10.0. The van der Waals surface area contributed by atoms with E-state index in [0.29, 0.717) is 5.56 Å². The summed E-state index contributed by atoms with van der Waals surface area (Å²) in [5.41, 5.74) is 1.78. The van der Waals surface area contributed by atoms with Gasteiger partial charge in [-0.2, -0.15) is 0 Å². The van der Waals surface area contributed by atoms with E-state index in [9.17, 15) is 19.5 Å². The molecule has 0 aliphatic rings. The van der Waals surface area contributed by atoms with Crippen LogP contribution in [0.5, 0.6) is 5.75 Å². The van der Waals surface area contributed by atoms with Gasteiger partial charge in [-0.25, -0.2) is 4.79 Å². The van der Waals surface area contributed by atoms with E-state index in [0.717, 1.165) is 5.56 Å². The number of halogens is 1. The predicted octanol–water partition coefficient (Wildman–Crippen LogP) is 3.29. The quantitative estimate of drug-likeness (QED) is 0.408. The molecular weight excluding hydrogens is 456 g/mol. The Morgan fingerprint density at radius 3 is 2.06 bits per heavy atom. The summed E-state index contributed by atoms with van der Waals surface area (Å²) in [7, 11) is 1.24. The van der Waals surface area contributed by atoms with Gasteiger partial charge in [0, 0.05) is 12.8 Å². The highest BCUT2D eigenvalue weighted by Gasteiger charge is 2.28. The number of hydrogen-bond acceptors (Lipinski definition) is 5. The van der Waals surface area contributed by atoms with E-state index < -0.39 is 29.9 Å². The van der Waals surface area contributed by atoms with Gasteiger partial charge in [-0.1, -0.05) is 66.2 Å². The van der Waals surface area contributed by atoms with Crippen LogP contribution >= 0.6 is 11.6 Å². The summed E-state index contributed by atoms with van der Waals surface area (Å²) in [6.45, 7) is 0. The highest BCUT2D eigenvalue weighted by molar-refractivity contribution is 6.33. The lowest BCUT2D eigenvalue weighted by molar-refractivity contribution is -0.145. The maximum atomic E-state index is 13.3. The van der Waals surface area contributed by atoms with Gasteiger partial charge in [0.15, 0.2) is 0 Å². The van der Waals surface area contributed by atoms with Crippen molar-refractivity contribution in [3.05, 3.63) is 101 Å². The van der Waals surface area contributed by atoms with Crippen molar-refractivity contribution in [2.24, 2.45) is 0 Å². The summed E-state index contributed by atoms with van der Waals surface area (Å²) in [6.07, 6.45) is 0.352. The number of benzene rings is 3. The molecule has 0 saturated carbocycles. The van der Waals surface area contributed by atoms with Crippen molar-refractivity contribution >= 4 is 29.4 Å². The van der Waals surface area contributed by atoms with Crippen LogP contribution in [0, 0.1) is 0 Å². The molecule has 8 heteroatoms. The Bertz CT molecular complexity index is 1140. The molecule has 3 N–H and O–H groups in total. The molecule has 0 aliphatic carbocycles. The van der Waals surface area contributed by atoms with Gasteiger partial charge < -0.3 is 20.5 Å². The van der Waals surface area contributed by atoms with E-state index in [1.54, 1.807) is 36.4 Å². The van der Waals surface area contributed by atoms with Gasteiger partial charge in [-0.15, -0.1) is 0 Å². The van der Waals surface area contributed by atoms with Crippen molar-refractivity contribution in [2.45, 2.75) is 24.9 Å². The van der Waals surface area contributed by atoms with Crippen LogP contribution in [0.4, 0.5) is 0 Å². The zero-order chi connectivity index (χ0) is 24.5. The van der Waals surface area contributed by atoms with Crippen LogP contribution in [0.1, 0.15) is 21.5 Å². The van der Waals surface area contributed by atoms with Crippen LogP contribution in [0.3, 0.4) is 0 Å². The molecule has 0 radical (unpaired) electrons. The van der Waals surface area contributed by atoms with E-state index in [1.165, 1.54) is 19.2 Å². The number of hydrogen-bond donors (Lipinski definition) is 3. The molecule has 176 valence electrons. The zero-order valence-electron chi connectivity index (χ0n) is 18.5. The Morgan fingerprint density at radius 1 is 0.824 bits per heavy atom. The van der Waals surface area contributed by atoms with Gasteiger partial charge >= 0.3 is 5.97 Å². The fourth-order valence-corrected chi connectivity index (χ4v) is 3.64. The molecule has 0 heterocycles. The molecule has 3 aromatic rings. The predicted molar refractivity (Wildman–Crippen MR) is 129 cm³/mol. The molecule has 0 fully saturated rings. The molecule has 2 atom stereocenters. The minimum absolute atomic E-state index is 0.0904. The second kappa shape index (κ2) is 11.9.